The van der Waals surface area contributed by atoms with Crippen molar-refractivity contribution in [3.05, 3.63) is 90.1 Å². The summed E-state index contributed by atoms with van der Waals surface area (Å²) in [5.41, 5.74) is 1.70. The molecule has 1 fully saturated rings. The predicted octanol–water partition coefficient (Wildman–Crippen LogP) is 6.52. The van der Waals surface area contributed by atoms with Gasteiger partial charge >= 0.3 is 6.09 Å². The number of pyridine rings is 1. The van der Waals surface area contributed by atoms with Crippen LogP contribution >= 0.6 is 0 Å². The lowest BCUT2D eigenvalue weighted by atomic mass is 9.95. The Hall–Kier alpha value is -3.67. The van der Waals surface area contributed by atoms with Crippen LogP contribution in [0.15, 0.2) is 79.0 Å². The van der Waals surface area contributed by atoms with Crippen LogP contribution in [0.5, 0.6) is 0 Å². The third-order valence-corrected chi connectivity index (χ3v) is 5.76. The van der Waals surface area contributed by atoms with E-state index in [1.165, 1.54) is 4.90 Å². The molecule has 1 aromatic heterocycles. The van der Waals surface area contributed by atoms with Gasteiger partial charge in [-0.05, 0) is 75.9 Å². The number of ether oxygens (including phenoxy) is 1. The average molecular weight is 458 g/mol. The first-order valence-corrected chi connectivity index (χ1v) is 11.7. The molecule has 34 heavy (non-hydrogen) atoms. The van der Waals surface area contributed by atoms with Gasteiger partial charge in [0, 0.05) is 18.3 Å². The highest BCUT2D eigenvalue weighted by molar-refractivity contribution is 5.95. The Balaban J connectivity index is 1.62. The molecule has 0 bridgehead atoms. The zero-order chi connectivity index (χ0) is 24.1. The number of hydrogen-bond acceptors (Lipinski definition) is 4. The highest BCUT2D eigenvalue weighted by Crippen LogP contribution is 2.33. The van der Waals surface area contributed by atoms with Gasteiger partial charge in [-0.1, -0.05) is 42.5 Å². The first-order chi connectivity index (χ1) is 16.3. The van der Waals surface area contributed by atoms with Crippen molar-refractivity contribution >= 4 is 23.5 Å². The predicted molar refractivity (Wildman–Crippen MR) is 133 cm³/mol. The quantitative estimate of drug-likeness (QED) is 0.447. The summed E-state index contributed by atoms with van der Waals surface area (Å²) in [5, 5.41) is 0. The Morgan fingerprint density at radius 3 is 2.24 bits per heavy atom. The molecule has 0 unspecified atom stereocenters. The van der Waals surface area contributed by atoms with Crippen LogP contribution in [0.4, 0.5) is 16.3 Å². The smallest absolute Gasteiger partial charge is 0.420 e. The number of piperidine rings is 1. The number of amides is 2. The first-order valence-electron chi connectivity index (χ1n) is 11.7. The minimum atomic E-state index is -0.634. The monoisotopic (exact) mass is 457 g/mol. The number of para-hydroxylation sites is 1. The van der Waals surface area contributed by atoms with Crippen LogP contribution in [0.25, 0.3) is 0 Å². The minimum Gasteiger partial charge on any atom is -0.443 e. The van der Waals surface area contributed by atoms with Crippen molar-refractivity contribution in [1.29, 1.82) is 0 Å². The fraction of sp³-hybridized carbons (Fsp3) is 0.321. The Labute approximate surface area is 201 Å². The van der Waals surface area contributed by atoms with Crippen LogP contribution in [-0.2, 0) is 4.74 Å². The molecule has 6 nitrogen and oxygen atoms in total. The summed E-state index contributed by atoms with van der Waals surface area (Å²) in [4.78, 5) is 34.3. The molecular weight excluding hydrogens is 426 g/mol. The van der Waals surface area contributed by atoms with Crippen molar-refractivity contribution in [1.82, 2.24) is 9.88 Å². The highest BCUT2D eigenvalue weighted by atomic mass is 16.6. The number of nitrogens with zero attached hydrogens (tertiary/aromatic N) is 3. The Morgan fingerprint density at radius 1 is 0.941 bits per heavy atom. The van der Waals surface area contributed by atoms with Crippen molar-refractivity contribution in [2.75, 3.05) is 11.4 Å². The van der Waals surface area contributed by atoms with Crippen LogP contribution in [0, 0.1) is 0 Å². The lowest BCUT2D eigenvalue weighted by molar-refractivity contribution is 0.0595. The van der Waals surface area contributed by atoms with Crippen molar-refractivity contribution in [3.63, 3.8) is 0 Å². The molecule has 0 N–H and O–H groups in total. The van der Waals surface area contributed by atoms with Crippen molar-refractivity contribution < 1.29 is 14.3 Å². The zero-order valence-corrected chi connectivity index (χ0v) is 20.0. The SMILES string of the molecule is CC(C)(C)OC(=O)N(c1ccccc1)c1ccc([C@@H]2CCCCN2C(=O)c2ccccc2)cn1. The van der Waals surface area contributed by atoms with E-state index in [1.54, 1.807) is 6.20 Å². The second kappa shape index (κ2) is 10.1. The van der Waals surface area contributed by atoms with Crippen molar-refractivity contribution in [3.8, 4) is 0 Å². The van der Waals surface area contributed by atoms with E-state index < -0.39 is 11.7 Å². The molecule has 2 aromatic carbocycles. The second-order valence-corrected chi connectivity index (χ2v) is 9.48. The van der Waals surface area contributed by atoms with E-state index in [1.807, 2.05) is 98.5 Å². The van der Waals surface area contributed by atoms with E-state index in [0.717, 1.165) is 24.8 Å². The molecule has 0 radical (unpaired) electrons. The lowest BCUT2D eigenvalue weighted by Gasteiger charge is -2.36. The van der Waals surface area contributed by atoms with E-state index in [2.05, 4.69) is 4.98 Å². The summed E-state index contributed by atoms with van der Waals surface area (Å²) in [6, 6.07) is 22.5. The van der Waals surface area contributed by atoms with Crippen LogP contribution in [0.1, 0.15) is 62.0 Å². The number of anilines is 2. The van der Waals surface area contributed by atoms with Crippen LogP contribution in [0.2, 0.25) is 0 Å². The number of aromatic nitrogens is 1. The Kier molecular flexibility index (Phi) is 6.96. The van der Waals surface area contributed by atoms with Crippen LogP contribution in [0.3, 0.4) is 0 Å². The van der Waals surface area contributed by atoms with E-state index in [9.17, 15) is 9.59 Å². The van der Waals surface area contributed by atoms with Gasteiger partial charge in [0.2, 0.25) is 0 Å². The summed E-state index contributed by atoms with van der Waals surface area (Å²) in [6.07, 6.45) is 4.21. The number of hydrogen-bond donors (Lipinski definition) is 0. The highest BCUT2D eigenvalue weighted by Gasteiger charge is 2.30. The maximum Gasteiger partial charge on any atom is 0.420 e. The summed E-state index contributed by atoms with van der Waals surface area (Å²) >= 11 is 0. The van der Waals surface area contributed by atoms with Crippen LogP contribution in [-0.4, -0.2) is 34.0 Å². The van der Waals surface area contributed by atoms with E-state index in [4.69, 9.17) is 4.74 Å². The number of rotatable bonds is 4. The van der Waals surface area contributed by atoms with Gasteiger partial charge in [0.15, 0.2) is 0 Å². The lowest BCUT2D eigenvalue weighted by Crippen LogP contribution is -2.38. The van der Waals surface area contributed by atoms with Crippen molar-refractivity contribution in [2.24, 2.45) is 0 Å². The molecule has 2 heterocycles. The molecule has 3 aromatic rings. The van der Waals surface area contributed by atoms with E-state index >= 15 is 0 Å². The fourth-order valence-corrected chi connectivity index (χ4v) is 4.21. The van der Waals surface area contributed by atoms with Crippen molar-refractivity contribution in [2.45, 2.75) is 51.7 Å². The van der Waals surface area contributed by atoms with Gasteiger partial charge in [0.1, 0.15) is 11.4 Å². The molecule has 4 rings (SSSR count). The standard InChI is InChI=1S/C28H31N3O3/c1-28(2,3)34-27(33)31(23-14-8-5-9-15-23)25-18-17-22(20-29-25)24-16-10-11-19-30(24)26(32)21-12-6-4-7-13-21/h4-9,12-15,17-18,20,24H,10-11,16,19H2,1-3H3/t24-/m0/s1. The Morgan fingerprint density at radius 2 is 1.62 bits per heavy atom. The fourth-order valence-electron chi connectivity index (χ4n) is 4.21. The van der Waals surface area contributed by atoms with Gasteiger partial charge in [0.05, 0.1) is 11.7 Å². The summed E-state index contributed by atoms with van der Waals surface area (Å²) in [5.74, 6) is 0.509. The molecule has 1 saturated heterocycles. The average Bonchev–Trinajstić information content (AvgIpc) is 2.84. The normalized spacial score (nSPS) is 16.1. The van der Waals surface area contributed by atoms with Gasteiger partial charge in [-0.2, -0.15) is 0 Å². The largest absolute Gasteiger partial charge is 0.443 e. The van der Waals surface area contributed by atoms with Gasteiger partial charge in [-0.25, -0.2) is 14.7 Å². The molecule has 6 heteroatoms. The second-order valence-electron chi connectivity index (χ2n) is 9.48. The van der Waals surface area contributed by atoms with E-state index in [0.29, 0.717) is 23.6 Å². The third-order valence-electron chi connectivity index (χ3n) is 5.76. The number of likely N-dealkylation sites (tertiary alicyclic amines) is 1. The maximum atomic E-state index is 13.2. The van der Waals surface area contributed by atoms with E-state index in [-0.39, 0.29) is 11.9 Å². The molecule has 0 saturated carbocycles. The first kappa shape index (κ1) is 23.5. The van der Waals surface area contributed by atoms with Gasteiger partial charge in [-0.3, -0.25) is 4.79 Å². The minimum absolute atomic E-state index is 0.0362. The zero-order valence-electron chi connectivity index (χ0n) is 20.0. The van der Waals surface area contributed by atoms with Crippen LogP contribution < -0.4 is 4.90 Å². The maximum absolute atomic E-state index is 13.2. The van der Waals surface area contributed by atoms with Gasteiger partial charge in [-0.15, -0.1) is 0 Å². The topological polar surface area (TPSA) is 62.7 Å². The van der Waals surface area contributed by atoms with Gasteiger partial charge < -0.3 is 9.64 Å². The summed E-state index contributed by atoms with van der Waals surface area (Å²) in [7, 11) is 0. The number of benzene rings is 2. The summed E-state index contributed by atoms with van der Waals surface area (Å²) in [6.45, 7) is 6.23. The van der Waals surface area contributed by atoms with Gasteiger partial charge in [0.25, 0.3) is 5.91 Å². The molecule has 0 spiro atoms. The molecule has 1 atom stereocenters. The molecule has 2 amide bonds. The summed E-state index contributed by atoms with van der Waals surface area (Å²) < 4.78 is 5.65. The molecule has 0 aliphatic carbocycles. The molecule has 1 aliphatic rings. The third kappa shape index (κ3) is 5.45. The molecule has 1 aliphatic heterocycles. The molecular formula is C28H31N3O3. The number of carbonyl (C=O) groups excluding carboxylic acids is 2. The molecule has 176 valence electrons. The Bertz CT molecular complexity index is 1110. The number of carbonyl (C=O) groups is 2.